The molecular weight excluding hydrogens is 511 g/mol. The number of fused-ring (bicyclic) bond motifs is 1. The largest absolute Gasteiger partial charge is 0.481 e. The van der Waals surface area contributed by atoms with E-state index in [1.807, 2.05) is 12.1 Å². The van der Waals surface area contributed by atoms with E-state index in [-0.39, 0.29) is 35.8 Å². The number of halogens is 3. The van der Waals surface area contributed by atoms with Crippen LogP contribution < -0.4 is 4.74 Å². The van der Waals surface area contributed by atoms with Crippen LogP contribution in [0.15, 0.2) is 61.1 Å². The molecule has 11 heteroatoms. The van der Waals surface area contributed by atoms with Crippen molar-refractivity contribution in [2.45, 2.75) is 13.1 Å². The molecule has 0 spiro atoms. The summed E-state index contributed by atoms with van der Waals surface area (Å²) in [6, 6.07) is 12.2. The third-order valence-corrected chi connectivity index (χ3v) is 6.71. The van der Waals surface area contributed by atoms with Crippen LogP contribution in [0.2, 0.25) is 0 Å². The predicted octanol–water partition coefficient (Wildman–Crippen LogP) is 4.69. The van der Waals surface area contributed by atoms with Crippen molar-refractivity contribution in [1.82, 2.24) is 24.8 Å². The third kappa shape index (κ3) is 5.38. The van der Waals surface area contributed by atoms with Gasteiger partial charge in [0.25, 0.3) is 5.91 Å². The Labute approximate surface area is 222 Å². The molecule has 39 heavy (non-hydrogen) atoms. The second-order valence-electron chi connectivity index (χ2n) is 9.14. The zero-order valence-corrected chi connectivity index (χ0v) is 21.2. The minimum Gasteiger partial charge on any atom is -0.481 e. The van der Waals surface area contributed by atoms with Crippen molar-refractivity contribution in [1.29, 1.82) is 0 Å². The maximum Gasteiger partial charge on any atom is 0.416 e. The molecule has 0 bridgehead atoms. The lowest BCUT2D eigenvalue weighted by molar-refractivity contribution is -0.137. The van der Waals surface area contributed by atoms with Gasteiger partial charge in [-0.1, -0.05) is 6.07 Å². The molecule has 0 N–H and O–H groups in total. The first-order valence-corrected chi connectivity index (χ1v) is 12.2. The van der Waals surface area contributed by atoms with Gasteiger partial charge in [0.05, 0.1) is 23.9 Å². The maximum atomic E-state index is 14.0. The smallest absolute Gasteiger partial charge is 0.416 e. The quantitative estimate of drug-likeness (QED) is 0.377. The molecule has 1 fully saturated rings. The zero-order valence-electron chi connectivity index (χ0n) is 21.2. The highest BCUT2D eigenvalue weighted by Crippen LogP contribution is 2.36. The van der Waals surface area contributed by atoms with E-state index in [2.05, 4.69) is 15.0 Å². The van der Waals surface area contributed by atoms with E-state index < -0.39 is 17.6 Å². The molecule has 2 aromatic heterocycles. The zero-order chi connectivity index (χ0) is 27.7. The van der Waals surface area contributed by atoms with E-state index in [0.29, 0.717) is 29.9 Å². The molecule has 4 aromatic rings. The van der Waals surface area contributed by atoms with Crippen LogP contribution >= 0.6 is 0 Å². The van der Waals surface area contributed by atoms with Crippen molar-refractivity contribution >= 4 is 22.7 Å². The molecule has 2 aromatic carbocycles. The summed E-state index contributed by atoms with van der Waals surface area (Å²) in [5.74, 6) is -0.190. The van der Waals surface area contributed by atoms with Gasteiger partial charge < -0.3 is 14.5 Å². The molecule has 1 aliphatic heterocycles. The second kappa shape index (κ2) is 10.3. The van der Waals surface area contributed by atoms with Crippen molar-refractivity contribution in [2.24, 2.45) is 0 Å². The highest BCUT2D eigenvalue weighted by atomic mass is 19.4. The number of carbonyl (C=O) groups excluding carboxylic acids is 2. The fraction of sp³-hybridized carbons (Fsp3) is 0.250. The molecule has 0 aliphatic carbocycles. The molecule has 0 radical (unpaired) electrons. The molecule has 2 amide bonds. The Balaban J connectivity index is 1.57. The van der Waals surface area contributed by atoms with Crippen molar-refractivity contribution in [3.8, 4) is 28.3 Å². The number of pyridine rings is 1. The summed E-state index contributed by atoms with van der Waals surface area (Å²) >= 11 is 0. The number of benzene rings is 2. The van der Waals surface area contributed by atoms with Crippen LogP contribution in [-0.2, 0) is 11.0 Å². The normalized spacial score (nSPS) is 14.0. The van der Waals surface area contributed by atoms with Crippen molar-refractivity contribution in [3.63, 3.8) is 0 Å². The Morgan fingerprint density at radius 3 is 2.21 bits per heavy atom. The van der Waals surface area contributed by atoms with Crippen LogP contribution in [0, 0.1) is 0 Å². The van der Waals surface area contributed by atoms with E-state index in [4.69, 9.17) is 4.74 Å². The third-order valence-electron chi connectivity index (χ3n) is 6.71. The van der Waals surface area contributed by atoms with E-state index in [1.165, 1.54) is 31.3 Å². The van der Waals surface area contributed by atoms with E-state index in [9.17, 15) is 22.8 Å². The van der Waals surface area contributed by atoms with Gasteiger partial charge in [-0.25, -0.2) is 15.0 Å². The highest BCUT2D eigenvalue weighted by Gasteiger charge is 2.33. The summed E-state index contributed by atoms with van der Waals surface area (Å²) in [4.78, 5) is 40.8. The van der Waals surface area contributed by atoms with Crippen molar-refractivity contribution in [2.75, 3.05) is 33.3 Å². The molecule has 1 saturated heterocycles. The van der Waals surface area contributed by atoms with Gasteiger partial charge in [0.2, 0.25) is 11.8 Å². The first-order valence-electron chi connectivity index (χ1n) is 12.2. The number of methoxy groups -OCH3 is 1. The molecule has 0 atom stereocenters. The number of amides is 2. The Morgan fingerprint density at radius 2 is 1.56 bits per heavy atom. The number of alkyl halides is 3. The van der Waals surface area contributed by atoms with Crippen LogP contribution in [0.25, 0.3) is 33.3 Å². The fourth-order valence-electron chi connectivity index (χ4n) is 4.60. The average molecular weight is 536 g/mol. The number of ether oxygens (including phenoxy) is 1. The Hall–Kier alpha value is -4.54. The molecule has 0 saturated carbocycles. The minimum absolute atomic E-state index is 0.0987. The summed E-state index contributed by atoms with van der Waals surface area (Å²) in [7, 11) is 1.52. The van der Waals surface area contributed by atoms with Gasteiger partial charge in [0, 0.05) is 67.4 Å². The molecule has 5 rings (SSSR count). The van der Waals surface area contributed by atoms with E-state index in [0.717, 1.165) is 23.3 Å². The monoisotopic (exact) mass is 535 g/mol. The van der Waals surface area contributed by atoms with Gasteiger partial charge >= 0.3 is 6.18 Å². The Morgan fingerprint density at radius 1 is 0.846 bits per heavy atom. The summed E-state index contributed by atoms with van der Waals surface area (Å²) < 4.78 is 47.0. The SMILES string of the molecule is COc1ccc(-c2ccc3ncnc(-c4cc(C(=O)N5CCN(C(C)=O)CC5)cc(C(F)(F)F)c4)c3c2)cn1. The summed E-state index contributed by atoms with van der Waals surface area (Å²) in [5.41, 5.74) is 1.44. The van der Waals surface area contributed by atoms with Crippen LogP contribution in [0.5, 0.6) is 5.88 Å². The molecule has 3 heterocycles. The first-order chi connectivity index (χ1) is 18.6. The number of piperazine rings is 1. The van der Waals surface area contributed by atoms with E-state index >= 15 is 0 Å². The first kappa shape index (κ1) is 26.1. The van der Waals surface area contributed by atoms with Crippen LogP contribution in [-0.4, -0.2) is 69.9 Å². The standard InChI is InChI=1S/C28H24F3N5O3/c1-17(37)35-7-9-36(10-8-35)27(38)21-11-20(12-22(13-21)28(29,30)31)26-23-14-18(3-5-24(23)33-16-34-26)19-4-6-25(39-2)32-15-19/h3-6,11-16H,7-10H2,1-2H3. The number of aromatic nitrogens is 3. The number of hydrogen-bond acceptors (Lipinski definition) is 6. The van der Waals surface area contributed by atoms with Crippen molar-refractivity contribution in [3.05, 3.63) is 72.2 Å². The fourth-order valence-corrected chi connectivity index (χ4v) is 4.60. The lowest BCUT2D eigenvalue weighted by Gasteiger charge is -2.34. The molecule has 8 nitrogen and oxygen atoms in total. The van der Waals surface area contributed by atoms with Gasteiger partial charge in [-0.2, -0.15) is 13.2 Å². The van der Waals surface area contributed by atoms with Gasteiger partial charge in [0.15, 0.2) is 0 Å². The lowest BCUT2D eigenvalue weighted by Crippen LogP contribution is -2.50. The minimum atomic E-state index is -4.68. The summed E-state index contributed by atoms with van der Waals surface area (Å²) in [6.07, 6.45) is -1.76. The molecule has 1 aliphatic rings. The molecule has 0 unspecified atom stereocenters. The van der Waals surface area contributed by atoms with Gasteiger partial charge in [-0.3, -0.25) is 9.59 Å². The van der Waals surface area contributed by atoms with Crippen LogP contribution in [0.1, 0.15) is 22.8 Å². The number of hydrogen-bond donors (Lipinski definition) is 0. The molecule has 200 valence electrons. The second-order valence-corrected chi connectivity index (χ2v) is 9.14. The number of carbonyl (C=O) groups is 2. The van der Waals surface area contributed by atoms with Crippen LogP contribution in [0.4, 0.5) is 13.2 Å². The average Bonchev–Trinajstić information content (AvgIpc) is 2.95. The summed E-state index contributed by atoms with van der Waals surface area (Å²) in [6.45, 7) is 2.57. The van der Waals surface area contributed by atoms with E-state index in [1.54, 1.807) is 29.3 Å². The van der Waals surface area contributed by atoms with Gasteiger partial charge in [-0.05, 0) is 42.0 Å². The topological polar surface area (TPSA) is 88.5 Å². The number of nitrogens with zero attached hydrogens (tertiary/aromatic N) is 5. The predicted molar refractivity (Wildman–Crippen MR) is 138 cm³/mol. The highest BCUT2D eigenvalue weighted by molar-refractivity contribution is 5.99. The van der Waals surface area contributed by atoms with Crippen molar-refractivity contribution < 1.29 is 27.5 Å². The van der Waals surface area contributed by atoms with Gasteiger partial charge in [-0.15, -0.1) is 0 Å². The van der Waals surface area contributed by atoms with Gasteiger partial charge in [0.1, 0.15) is 6.33 Å². The molecular formula is C28H24F3N5O3. The number of rotatable bonds is 4. The van der Waals surface area contributed by atoms with Crippen LogP contribution in [0.3, 0.4) is 0 Å². The Kier molecular flexibility index (Phi) is 6.90. The maximum absolute atomic E-state index is 14.0. The Bertz CT molecular complexity index is 1550. The lowest BCUT2D eigenvalue weighted by atomic mass is 9.97. The summed E-state index contributed by atoms with van der Waals surface area (Å²) in [5, 5.41) is 0.526.